The highest BCUT2D eigenvalue weighted by Gasteiger charge is 2.09. The molecule has 0 saturated heterocycles. The lowest BCUT2D eigenvalue weighted by molar-refractivity contribution is 0.0998. The average Bonchev–Trinajstić information content (AvgIpc) is 2.84. The van der Waals surface area contributed by atoms with E-state index >= 15 is 0 Å². The molecule has 3 rings (SSSR count). The van der Waals surface area contributed by atoms with Gasteiger partial charge in [0, 0.05) is 16.6 Å². The highest BCUT2D eigenvalue weighted by atomic mass is 79.9. The van der Waals surface area contributed by atoms with Crippen LogP contribution < -0.4 is 4.80 Å². The third-order valence-corrected chi connectivity index (χ3v) is 4.76. The third kappa shape index (κ3) is 3.33. The minimum absolute atomic E-state index is 0.311. The van der Waals surface area contributed by atoms with Gasteiger partial charge >= 0.3 is 0 Å². The molecular weight excluding hydrogens is 379 g/mol. The summed E-state index contributed by atoms with van der Waals surface area (Å²) in [4.78, 5) is 17.1. The highest BCUT2D eigenvalue weighted by Crippen LogP contribution is 2.19. The maximum atomic E-state index is 13.4. The van der Waals surface area contributed by atoms with Gasteiger partial charge in [0.15, 0.2) is 4.80 Å². The monoisotopic (exact) mass is 390 g/mol. The zero-order valence-corrected chi connectivity index (χ0v) is 14.4. The summed E-state index contributed by atoms with van der Waals surface area (Å²) >= 11 is 4.62. The van der Waals surface area contributed by atoms with Crippen molar-refractivity contribution in [1.82, 2.24) is 4.57 Å². The van der Waals surface area contributed by atoms with Crippen LogP contribution in [0.3, 0.4) is 0 Å². The van der Waals surface area contributed by atoms with Gasteiger partial charge in [0.05, 0.1) is 10.2 Å². The molecule has 1 heterocycles. The second-order valence-corrected chi connectivity index (χ2v) is 6.75. The number of halogens is 2. The molecule has 0 atom stereocenters. The number of carbonyl (C=O) groups is 1. The van der Waals surface area contributed by atoms with Gasteiger partial charge in [-0.2, -0.15) is 4.99 Å². The van der Waals surface area contributed by atoms with Gasteiger partial charge < -0.3 is 4.57 Å². The zero-order chi connectivity index (χ0) is 16.4. The lowest BCUT2D eigenvalue weighted by Crippen LogP contribution is -2.16. The Bertz CT molecular complexity index is 974. The number of nitrogens with zero attached hydrogens (tertiary/aromatic N) is 2. The molecule has 0 saturated carbocycles. The summed E-state index contributed by atoms with van der Waals surface area (Å²) in [5.74, 6) is -0.648. The molecule has 6 heteroatoms. The minimum Gasteiger partial charge on any atom is -0.312 e. The Labute approximate surface area is 144 Å². The molecule has 2 aromatic carbocycles. The van der Waals surface area contributed by atoms with Gasteiger partial charge in [0.1, 0.15) is 5.82 Å². The van der Waals surface area contributed by atoms with Crippen LogP contribution in [0.15, 0.2) is 64.6 Å². The number of carbonyl (C=O) groups excluding carboxylic acids is 1. The number of hydrogen-bond acceptors (Lipinski definition) is 2. The van der Waals surface area contributed by atoms with Gasteiger partial charge in [-0.05, 0) is 36.4 Å². The Morgan fingerprint density at radius 2 is 2.17 bits per heavy atom. The molecule has 0 radical (unpaired) electrons. The molecule has 1 aromatic heterocycles. The predicted molar refractivity (Wildman–Crippen MR) is 94.0 cm³/mol. The summed E-state index contributed by atoms with van der Waals surface area (Å²) in [6.07, 6.45) is 1.72. The molecule has 116 valence electrons. The van der Waals surface area contributed by atoms with Gasteiger partial charge in [-0.15, -0.1) is 6.58 Å². The van der Waals surface area contributed by atoms with Crippen LogP contribution in [0.5, 0.6) is 0 Å². The summed E-state index contributed by atoms with van der Waals surface area (Å²) < 4.78 is 16.8. The van der Waals surface area contributed by atoms with Crippen molar-refractivity contribution in [3.63, 3.8) is 0 Å². The van der Waals surface area contributed by atoms with Crippen molar-refractivity contribution < 1.29 is 9.18 Å². The Kier molecular flexibility index (Phi) is 4.54. The van der Waals surface area contributed by atoms with Crippen molar-refractivity contribution in [2.75, 3.05) is 0 Å². The molecule has 0 fully saturated rings. The lowest BCUT2D eigenvalue weighted by Gasteiger charge is -2.01. The number of fused-ring (bicyclic) bond motifs is 1. The maximum Gasteiger partial charge on any atom is 0.279 e. The molecule has 0 spiro atoms. The van der Waals surface area contributed by atoms with Crippen molar-refractivity contribution in [1.29, 1.82) is 0 Å². The first kappa shape index (κ1) is 15.8. The number of allylic oxidation sites excluding steroid dienone is 1. The number of aromatic nitrogens is 1. The number of hydrogen-bond donors (Lipinski definition) is 0. The van der Waals surface area contributed by atoms with E-state index in [9.17, 15) is 9.18 Å². The van der Waals surface area contributed by atoms with Crippen molar-refractivity contribution >= 4 is 43.4 Å². The molecular formula is C17H12BrFN2OS. The van der Waals surface area contributed by atoms with Crippen molar-refractivity contribution in [2.24, 2.45) is 4.99 Å². The van der Waals surface area contributed by atoms with Crippen LogP contribution in [0, 0.1) is 5.82 Å². The van der Waals surface area contributed by atoms with E-state index < -0.39 is 0 Å². The molecule has 23 heavy (non-hydrogen) atoms. The Morgan fingerprint density at radius 1 is 1.35 bits per heavy atom. The summed E-state index contributed by atoms with van der Waals surface area (Å²) in [6, 6.07) is 11.6. The fourth-order valence-electron chi connectivity index (χ4n) is 2.21. The van der Waals surface area contributed by atoms with E-state index in [1.54, 1.807) is 30.3 Å². The lowest BCUT2D eigenvalue weighted by atomic mass is 10.2. The first-order valence-electron chi connectivity index (χ1n) is 6.83. The van der Waals surface area contributed by atoms with Crippen molar-refractivity contribution in [3.8, 4) is 0 Å². The number of amides is 1. The quantitative estimate of drug-likeness (QED) is 0.604. The van der Waals surface area contributed by atoms with Crippen LogP contribution in [-0.4, -0.2) is 10.5 Å². The van der Waals surface area contributed by atoms with Crippen LogP contribution >= 0.6 is 27.3 Å². The molecule has 1 amide bonds. The smallest absolute Gasteiger partial charge is 0.279 e. The fraction of sp³-hybridized carbons (Fsp3) is 0.0588. The number of thiazole rings is 1. The molecule has 0 unspecified atom stereocenters. The molecule has 0 aliphatic carbocycles. The molecule has 0 bridgehead atoms. The Balaban J connectivity index is 2.16. The fourth-order valence-corrected chi connectivity index (χ4v) is 3.67. The van der Waals surface area contributed by atoms with Crippen molar-refractivity contribution in [2.45, 2.75) is 6.54 Å². The summed E-state index contributed by atoms with van der Waals surface area (Å²) in [6.45, 7) is 4.22. The number of benzene rings is 2. The molecule has 0 aliphatic rings. The maximum absolute atomic E-state index is 13.4. The largest absolute Gasteiger partial charge is 0.312 e. The Morgan fingerprint density at radius 3 is 2.91 bits per heavy atom. The van der Waals surface area contributed by atoms with Crippen LogP contribution in [0.25, 0.3) is 10.2 Å². The first-order valence-corrected chi connectivity index (χ1v) is 8.44. The SMILES string of the molecule is C=CCn1c(=NC(=O)c2cccc(Br)c2)sc2cc(F)ccc21. The number of rotatable bonds is 3. The third-order valence-electron chi connectivity index (χ3n) is 3.23. The van der Waals surface area contributed by atoms with E-state index in [2.05, 4.69) is 27.5 Å². The highest BCUT2D eigenvalue weighted by molar-refractivity contribution is 9.10. The van der Waals surface area contributed by atoms with E-state index in [1.807, 2.05) is 10.6 Å². The molecule has 3 nitrogen and oxygen atoms in total. The van der Waals surface area contributed by atoms with E-state index in [0.29, 0.717) is 16.9 Å². The Hall–Kier alpha value is -2.05. The van der Waals surface area contributed by atoms with Gasteiger partial charge in [-0.1, -0.05) is 39.4 Å². The molecule has 3 aromatic rings. The molecule has 0 N–H and O–H groups in total. The van der Waals surface area contributed by atoms with Crippen LogP contribution in [0.2, 0.25) is 0 Å². The van der Waals surface area contributed by atoms with E-state index in [-0.39, 0.29) is 11.7 Å². The second kappa shape index (κ2) is 6.60. The summed E-state index contributed by atoms with van der Waals surface area (Å²) in [5.41, 5.74) is 1.32. The van der Waals surface area contributed by atoms with Crippen LogP contribution in [-0.2, 0) is 6.54 Å². The van der Waals surface area contributed by atoms with Crippen LogP contribution in [0.1, 0.15) is 10.4 Å². The molecule has 0 aliphatic heterocycles. The summed E-state index contributed by atoms with van der Waals surface area (Å²) in [5, 5.41) is 0. The average molecular weight is 391 g/mol. The topological polar surface area (TPSA) is 34.4 Å². The van der Waals surface area contributed by atoms with Crippen molar-refractivity contribution in [3.05, 3.63) is 75.8 Å². The normalized spacial score (nSPS) is 11.8. The van der Waals surface area contributed by atoms with Gasteiger partial charge in [0.2, 0.25) is 0 Å². The van der Waals surface area contributed by atoms with Crippen LogP contribution in [0.4, 0.5) is 4.39 Å². The minimum atomic E-state index is -0.337. The first-order chi connectivity index (χ1) is 11.1. The second-order valence-electron chi connectivity index (χ2n) is 4.82. The standard InChI is InChI=1S/C17H12BrFN2OS/c1-2-8-21-14-7-6-13(19)10-15(14)23-17(21)20-16(22)11-4-3-5-12(18)9-11/h2-7,9-10H,1,8H2. The van der Waals surface area contributed by atoms with Gasteiger partial charge in [-0.3, -0.25) is 4.79 Å². The zero-order valence-electron chi connectivity index (χ0n) is 12.0. The van der Waals surface area contributed by atoms with E-state index in [4.69, 9.17) is 0 Å². The van der Waals surface area contributed by atoms with E-state index in [1.165, 1.54) is 23.5 Å². The van der Waals surface area contributed by atoms with Gasteiger partial charge in [-0.25, -0.2) is 4.39 Å². The van der Waals surface area contributed by atoms with Gasteiger partial charge in [0.25, 0.3) is 5.91 Å². The predicted octanol–water partition coefficient (Wildman–Crippen LogP) is 4.53. The summed E-state index contributed by atoms with van der Waals surface area (Å²) in [7, 11) is 0. The van der Waals surface area contributed by atoms with E-state index in [0.717, 1.165) is 14.7 Å².